The molecule has 5 heteroatoms. The van der Waals surface area contributed by atoms with Gasteiger partial charge >= 0.3 is 0 Å². The van der Waals surface area contributed by atoms with E-state index in [0.717, 1.165) is 21.6 Å². The van der Waals surface area contributed by atoms with Crippen molar-refractivity contribution >= 4 is 28.3 Å². The Kier molecular flexibility index (Phi) is 3.64. The monoisotopic (exact) mass is 241 g/mol. The van der Waals surface area contributed by atoms with E-state index in [1.807, 2.05) is 18.7 Å². The molecule has 3 nitrogen and oxygen atoms in total. The standard InChI is InChI=1S/C10H15N3S2/c1-3-8-5-15-10(13-8)11-4-9-6-14-7(2)12-9/h6,8H,3-5H2,1-2H3,(H,11,13). The zero-order valence-electron chi connectivity index (χ0n) is 8.99. The van der Waals surface area contributed by atoms with Gasteiger partial charge in [-0.15, -0.1) is 11.3 Å². The predicted octanol–water partition coefficient (Wildman–Crippen LogP) is 2.42. The summed E-state index contributed by atoms with van der Waals surface area (Å²) in [5.74, 6) is 1.14. The van der Waals surface area contributed by atoms with Crippen molar-refractivity contribution in [2.75, 3.05) is 5.75 Å². The number of thioether (sulfide) groups is 1. The second kappa shape index (κ2) is 4.99. The fraction of sp³-hybridized carbons (Fsp3) is 0.600. The third kappa shape index (κ3) is 2.95. The van der Waals surface area contributed by atoms with Crippen molar-refractivity contribution in [3.05, 3.63) is 16.1 Å². The highest BCUT2D eigenvalue weighted by molar-refractivity contribution is 8.14. The van der Waals surface area contributed by atoms with Crippen molar-refractivity contribution in [1.29, 1.82) is 0 Å². The van der Waals surface area contributed by atoms with Gasteiger partial charge in [0.1, 0.15) is 0 Å². The van der Waals surface area contributed by atoms with E-state index in [9.17, 15) is 0 Å². The van der Waals surface area contributed by atoms with E-state index in [1.54, 1.807) is 11.3 Å². The fourth-order valence-electron chi connectivity index (χ4n) is 1.38. The van der Waals surface area contributed by atoms with Crippen LogP contribution in [-0.4, -0.2) is 21.9 Å². The number of aryl methyl sites for hydroxylation is 1. The lowest BCUT2D eigenvalue weighted by molar-refractivity contribution is 0.666. The average molecular weight is 241 g/mol. The molecule has 0 spiro atoms. The third-order valence-electron chi connectivity index (χ3n) is 2.29. The van der Waals surface area contributed by atoms with E-state index in [0.29, 0.717) is 12.6 Å². The number of nitrogens with one attached hydrogen (secondary N) is 1. The van der Waals surface area contributed by atoms with E-state index >= 15 is 0 Å². The SMILES string of the molecule is CCC1CSC(=NCc2csc(C)n2)N1. The quantitative estimate of drug-likeness (QED) is 0.883. The summed E-state index contributed by atoms with van der Waals surface area (Å²) in [6.45, 7) is 4.93. The number of hydrogen-bond acceptors (Lipinski definition) is 4. The van der Waals surface area contributed by atoms with E-state index in [2.05, 4.69) is 27.6 Å². The summed E-state index contributed by atoms with van der Waals surface area (Å²) in [5.41, 5.74) is 1.08. The van der Waals surface area contributed by atoms with Crippen LogP contribution in [-0.2, 0) is 6.54 Å². The molecular weight excluding hydrogens is 226 g/mol. The van der Waals surface area contributed by atoms with Gasteiger partial charge in [-0.3, -0.25) is 4.99 Å². The van der Waals surface area contributed by atoms with Crippen LogP contribution >= 0.6 is 23.1 Å². The molecular formula is C10H15N3S2. The largest absolute Gasteiger partial charge is 0.361 e. The molecule has 1 aromatic rings. The summed E-state index contributed by atoms with van der Waals surface area (Å²) in [7, 11) is 0. The molecule has 0 aliphatic carbocycles. The summed E-state index contributed by atoms with van der Waals surface area (Å²) in [4.78, 5) is 8.90. The normalized spacial score (nSPS) is 23.3. The molecule has 0 aromatic carbocycles. The van der Waals surface area contributed by atoms with Gasteiger partial charge in [0.15, 0.2) is 5.17 Å². The minimum absolute atomic E-state index is 0.603. The lowest BCUT2D eigenvalue weighted by atomic mass is 10.3. The van der Waals surface area contributed by atoms with Crippen LogP contribution in [0.15, 0.2) is 10.4 Å². The van der Waals surface area contributed by atoms with Gasteiger partial charge in [-0.2, -0.15) is 0 Å². The third-order valence-corrected chi connectivity index (χ3v) is 4.20. The van der Waals surface area contributed by atoms with Crippen molar-refractivity contribution in [2.24, 2.45) is 4.99 Å². The van der Waals surface area contributed by atoms with E-state index in [-0.39, 0.29) is 0 Å². The molecule has 0 radical (unpaired) electrons. The maximum Gasteiger partial charge on any atom is 0.157 e. The van der Waals surface area contributed by atoms with Crippen LogP contribution in [0.25, 0.3) is 0 Å². The van der Waals surface area contributed by atoms with E-state index in [1.165, 1.54) is 6.42 Å². The second-order valence-electron chi connectivity index (χ2n) is 3.54. The Hall–Kier alpha value is -0.550. The Morgan fingerprint density at radius 2 is 2.53 bits per heavy atom. The van der Waals surface area contributed by atoms with Gasteiger partial charge in [0.2, 0.25) is 0 Å². The molecule has 0 saturated carbocycles. The minimum Gasteiger partial charge on any atom is -0.361 e. The minimum atomic E-state index is 0.603. The van der Waals surface area contributed by atoms with Gasteiger partial charge in [0, 0.05) is 17.2 Å². The Bertz CT molecular complexity index is 359. The molecule has 1 unspecified atom stereocenters. The molecule has 1 aromatic heterocycles. The summed E-state index contributed by atoms with van der Waals surface area (Å²) in [6, 6.07) is 0.603. The molecule has 0 amide bonds. The number of aromatic nitrogens is 1. The topological polar surface area (TPSA) is 37.3 Å². The molecule has 1 N–H and O–H groups in total. The lowest BCUT2D eigenvalue weighted by Crippen LogP contribution is -2.25. The second-order valence-corrected chi connectivity index (χ2v) is 5.61. The zero-order valence-corrected chi connectivity index (χ0v) is 10.6. The number of nitrogens with zero attached hydrogens (tertiary/aromatic N) is 2. The van der Waals surface area contributed by atoms with Crippen molar-refractivity contribution in [2.45, 2.75) is 32.9 Å². The molecule has 2 heterocycles. The van der Waals surface area contributed by atoms with Crippen LogP contribution in [0.3, 0.4) is 0 Å². The van der Waals surface area contributed by atoms with Gasteiger partial charge in [-0.1, -0.05) is 18.7 Å². The molecule has 2 rings (SSSR count). The van der Waals surface area contributed by atoms with E-state index in [4.69, 9.17) is 0 Å². The van der Waals surface area contributed by atoms with Crippen LogP contribution in [0.5, 0.6) is 0 Å². The van der Waals surface area contributed by atoms with Gasteiger partial charge in [-0.05, 0) is 13.3 Å². The maximum absolute atomic E-state index is 4.52. The first kappa shape index (κ1) is 11.0. The summed E-state index contributed by atoms with van der Waals surface area (Å²) >= 11 is 3.50. The summed E-state index contributed by atoms with van der Waals surface area (Å²) in [6.07, 6.45) is 1.17. The maximum atomic E-state index is 4.52. The zero-order chi connectivity index (χ0) is 10.7. The number of amidine groups is 1. The van der Waals surface area contributed by atoms with E-state index < -0.39 is 0 Å². The fourth-order valence-corrected chi connectivity index (χ4v) is 3.07. The number of thiazole rings is 1. The van der Waals surface area contributed by atoms with Crippen molar-refractivity contribution in [3.63, 3.8) is 0 Å². The summed E-state index contributed by atoms with van der Waals surface area (Å²) < 4.78 is 0. The average Bonchev–Trinajstić information content (AvgIpc) is 2.83. The molecule has 1 atom stereocenters. The first-order chi connectivity index (χ1) is 7.28. The smallest absolute Gasteiger partial charge is 0.157 e. The highest BCUT2D eigenvalue weighted by Crippen LogP contribution is 2.16. The molecule has 82 valence electrons. The molecule has 0 bridgehead atoms. The molecule has 1 fully saturated rings. The lowest BCUT2D eigenvalue weighted by Gasteiger charge is -2.04. The van der Waals surface area contributed by atoms with Crippen molar-refractivity contribution in [3.8, 4) is 0 Å². The first-order valence-corrected chi connectivity index (χ1v) is 6.99. The van der Waals surface area contributed by atoms with Crippen molar-refractivity contribution in [1.82, 2.24) is 10.3 Å². The Labute approximate surface area is 98.4 Å². The highest BCUT2D eigenvalue weighted by atomic mass is 32.2. The predicted molar refractivity (Wildman–Crippen MR) is 67.7 cm³/mol. The number of hydrogen-bond donors (Lipinski definition) is 1. The Morgan fingerprint density at radius 1 is 1.67 bits per heavy atom. The van der Waals surface area contributed by atoms with Crippen LogP contribution in [0.2, 0.25) is 0 Å². The first-order valence-electron chi connectivity index (χ1n) is 5.12. The van der Waals surface area contributed by atoms with Gasteiger partial charge in [0.05, 0.1) is 17.2 Å². The molecule has 1 aliphatic rings. The molecule has 15 heavy (non-hydrogen) atoms. The summed E-state index contributed by atoms with van der Waals surface area (Å²) in [5, 5.41) is 7.68. The van der Waals surface area contributed by atoms with Gasteiger partial charge in [-0.25, -0.2) is 4.98 Å². The Balaban J connectivity index is 1.89. The van der Waals surface area contributed by atoms with Crippen molar-refractivity contribution < 1.29 is 0 Å². The van der Waals surface area contributed by atoms with Crippen LogP contribution < -0.4 is 5.32 Å². The van der Waals surface area contributed by atoms with Crippen LogP contribution in [0.4, 0.5) is 0 Å². The molecule has 1 aliphatic heterocycles. The molecule has 1 saturated heterocycles. The van der Waals surface area contributed by atoms with Crippen LogP contribution in [0.1, 0.15) is 24.0 Å². The van der Waals surface area contributed by atoms with Gasteiger partial charge in [0.25, 0.3) is 0 Å². The number of aliphatic imine (C=N–C) groups is 1. The Morgan fingerprint density at radius 3 is 3.13 bits per heavy atom. The highest BCUT2D eigenvalue weighted by Gasteiger charge is 2.17. The van der Waals surface area contributed by atoms with Gasteiger partial charge < -0.3 is 5.32 Å². The van der Waals surface area contributed by atoms with Crippen LogP contribution in [0, 0.1) is 6.92 Å². The number of rotatable bonds is 3.